The van der Waals surface area contributed by atoms with E-state index in [1.54, 1.807) is 0 Å². The lowest BCUT2D eigenvalue weighted by Gasteiger charge is -2.35. The number of likely N-dealkylation sites (tertiary alicyclic amines) is 1. The van der Waals surface area contributed by atoms with E-state index in [9.17, 15) is 4.79 Å². The molecule has 0 bridgehead atoms. The van der Waals surface area contributed by atoms with Crippen LogP contribution in [0, 0.1) is 3.57 Å². The number of benzene rings is 1. The summed E-state index contributed by atoms with van der Waals surface area (Å²) in [6.45, 7) is 2.18. The van der Waals surface area contributed by atoms with E-state index in [1.165, 1.54) is 22.0 Å². The summed E-state index contributed by atoms with van der Waals surface area (Å²) in [5.41, 5.74) is 1.50. The lowest BCUT2D eigenvalue weighted by molar-refractivity contribution is -0.122. The van der Waals surface area contributed by atoms with Gasteiger partial charge in [0.15, 0.2) is 0 Å². The molecule has 0 amide bonds. The lowest BCUT2D eigenvalue weighted by atomic mass is 9.89. The second-order valence-corrected chi connectivity index (χ2v) is 6.87. The van der Waals surface area contributed by atoms with Crippen molar-refractivity contribution in [1.82, 2.24) is 4.90 Å². The lowest BCUT2D eigenvalue weighted by Crippen LogP contribution is -2.43. The number of Topliss-reactive ketones (excluding diaryl/α,β-unsaturated/α-hetero) is 1. The zero-order chi connectivity index (χ0) is 13.2. The van der Waals surface area contributed by atoms with Gasteiger partial charge in [-0.25, -0.2) is 0 Å². The van der Waals surface area contributed by atoms with Gasteiger partial charge in [0.25, 0.3) is 0 Å². The van der Waals surface area contributed by atoms with E-state index in [4.69, 9.17) is 0 Å². The van der Waals surface area contributed by atoms with E-state index in [0.717, 1.165) is 32.4 Å². The van der Waals surface area contributed by atoms with E-state index in [-0.39, 0.29) is 6.04 Å². The number of nitrogens with zero attached hydrogens (tertiary/aromatic N) is 1. The summed E-state index contributed by atoms with van der Waals surface area (Å²) in [6, 6.07) is 8.96. The number of rotatable bonds is 2. The normalized spacial score (nSPS) is 25.9. The third-order valence-corrected chi connectivity index (χ3v) is 5.57. The van der Waals surface area contributed by atoms with Gasteiger partial charge in [-0.1, -0.05) is 18.2 Å². The average molecular weight is 367 g/mol. The van der Waals surface area contributed by atoms with Gasteiger partial charge in [-0.05, 0) is 78.9 Å². The van der Waals surface area contributed by atoms with Gasteiger partial charge in [-0.3, -0.25) is 9.69 Å². The summed E-state index contributed by atoms with van der Waals surface area (Å²) in [7, 11) is 0. The molecule has 19 heavy (non-hydrogen) atoms. The maximum absolute atomic E-state index is 11.8. The largest absolute Gasteiger partial charge is 0.298 e. The van der Waals surface area contributed by atoms with E-state index in [1.807, 2.05) is 0 Å². The number of piperidine rings is 1. The molecule has 3 heteroatoms. The van der Waals surface area contributed by atoms with Crippen molar-refractivity contribution in [2.45, 2.75) is 44.1 Å². The molecule has 102 valence electrons. The number of hydrogen-bond acceptors (Lipinski definition) is 2. The van der Waals surface area contributed by atoms with Crippen molar-refractivity contribution in [3.63, 3.8) is 0 Å². The predicted molar refractivity (Wildman–Crippen MR) is 85.4 cm³/mol. The maximum Gasteiger partial charge on any atom is 0.149 e. The summed E-state index contributed by atoms with van der Waals surface area (Å²) in [5.74, 6) is 1.16. The van der Waals surface area contributed by atoms with Crippen molar-refractivity contribution >= 4 is 28.4 Å². The number of halogens is 1. The first-order chi connectivity index (χ1) is 9.25. The summed E-state index contributed by atoms with van der Waals surface area (Å²) < 4.78 is 1.38. The third-order valence-electron chi connectivity index (χ3n) is 4.59. The molecule has 1 saturated carbocycles. The zero-order valence-corrected chi connectivity index (χ0v) is 13.3. The van der Waals surface area contributed by atoms with Crippen LogP contribution in [-0.4, -0.2) is 29.8 Å². The molecule has 2 fully saturated rings. The molecule has 0 aromatic heterocycles. The second-order valence-electron chi connectivity index (χ2n) is 5.71. The minimum atomic E-state index is 0.246. The molecule has 1 aromatic rings. The van der Waals surface area contributed by atoms with Gasteiger partial charge < -0.3 is 0 Å². The van der Waals surface area contributed by atoms with Crippen LogP contribution in [0.3, 0.4) is 0 Å². The molecular weight excluding hydrogens is 347 g/mol. The molecule has 1 aromatic carbocycles. The van der Waals surface area contributed by atoms with Crippen molar-refractivity contribution in [1.29, 1.82) is 0 Å². The van der Waals surface area contributed by atoms with Crippen molar-refractivity contribution in [2.75, 3.05) is 13.1 Å². The van der Waals surface area contributed by atoms with Gasteiger partial charge in [-0.2, -0.15) is 0 Å². The van der Waals surface area contributed by atoms with Gasteiger partial charge in [0.1, 0.15) is 5.78 Å². The highest BCUT2D eigenvalue weighted by molar-refractivity contribution is 14.1. The molecule has 1 aliphatic heterocycles. The Morgan fingerprint density at radius 2 is 1.84 bits per heavy atom. The fourth-order valence-corrected chi connectivity index (χ4v) is 4.34. The SMILES string of the molecule is O=C1CCCC1N1CCC(c2ccccc2[125I])CC1. The molecule has 0 radical (unpaired) electrons. The van der Waals surface area contributed by atoms with Crippen LogP contribution in [0.25, 0.3) is 0 Å². The Kier molecular flexibility index (Phi) is 4.22. The van der Waals surface area contributed by atoms with Crippen molar-refractivity contribution in [3.8, 4) is 0 Å². The fraction of sp³-hybridized carbons (Fsp3) is 0.562. The Balaban J connectivity index is 1.63. The van der Waals surface area contributed by atoms with Crippen LogP contribution in [0.15, 0.2) is 24.3 Å². The molecule has 0 spiro atoms. The van der Waals surface area contributed by atoms with E-state index < -0.39 is 0 Å². The van der Waals surface area contributed by atoms with Crippen molar-refractivity contribution in [3.05, 3.63) is 33.4 Å². The molecular formula is C16H20INO. The molecule has 1 atom stereocenters. The Morgan fingerprint density at radius 1 is 1.11 bits per heavy atom. The molecule has 0 N–H and O–H groups in total. The predicted octanol–water partition coefficient (Wildman–Crippen LogP) is 3.59. The second kappa shape index (κ2) is 5.92. The molecule has 2 aliphatic rings. The Morgan fingerprint density at radius 3 is 2.47 bits per heavy atom. The maximum atomic E-state index is 11.8. The van der Waals surface area contributed by atoms with Crippen LogP contribution in [0.1, 0.15) is 43.6 Å². The first-order valence-electron chi connectivity index (χ1n) is 7.27. The Hall–Kier alpha value is -0.420. The molecule has 3 rings (SSSR count). The fourth-order valence-electron chi connectivity index (χ4n) is 3.51. The van der Waals surface area contributed by atoms with Gasteiger partial charge in [-0.15, -0.1) is 0 Å². The van der Waals surface area contributed by atoms with Crippen LogP contribution in [-0.2, 0) is 4.79 Å². The number of carbonyl (C=O) groups excluding carboxylic acids is 1. The van der Waals surface area contributed by atoms with E-state index >= 15 is 0 Å². The highest BCUT2D eigenvalue weighted by atomic mass is 125. The van der Waals surface area contributed by atoms with Crippen molar-refractivity contribution < 1.29 is 4.79 Å². The topological polar surface area (TPSA) is 20.3 Å². The summed E-state index contributed by atoms with van der Waals surface area (Å²) in [6.07, 6.45) is 5.39. The molecule has 1 saturated heterocycles. The molecule has 1 aliphatic carbocycles. The number of ketones is 1. The van der Waals surface area contributed by atoms with Crippen LogP contribution >= 0.6 is 22.6 Å². The number of hydrogen-bond donors (Lipinski definition) is 0. The van der Waals surface area contributed by atoms with Crippen LogP contribution in [0.5, 0.6) is 0 Å². The summed E-state index contributed by atoms with van der Waals surface area (Å²) >= 11 is 2.44. The zero-order valence-electron chi connectivity index (χ0n) is 11.1. The minimum Gasteiger partial charge on any atom is -0.298 e. The van der Waals surface area contributed by atoms with Gasteiger partial charge in [0, 0.05) is 9.99 Å². The summed E-state index contributed by atoms with van der Waals surface area (Å²) in [5, 5.41) is 0. The van der Waals surface area contributed by atoms with Gasteiger partial charge in [0.05, 0.1) is 6.04 Å². The van der Waals surface area contributed by atoms with E-state index in [2.05, 4.69) is 51.8 Å². The minimum absolute atomic E-state index is 0.246. The molecule has 1 unspecified atom stereocenters. The van der Waals surface area contributed by atoms with Gasteiger partial charge >= 0.3 is 0 Å². The van der Waals surface area contributed by atoms with Crippen LogP contribution < -0.4 is 0 Å². The first-order valence-corrected chi connectivity index (χ1v) is 8.35. The monoisotopic (exact) mass is 367 g/mol. The van der Waals surface area contributed by atoms with Crippen molar-refractivity contribution in [2.24, 2.45) is 0 Å². The average Bonchev–Trinajstić information content (AvgIpc) is 2.86. The number of carbonyl (C=O) groups is 1. The molecule has 2 nitrogen and oxygen atoms in total. The highest BCUT2D eigenvalue weighted by Gasteiger charge is 2.33. The van der Waals surface area contributed by atoms with Gasteiger partial charge in [0.2, 0.25) is 0 Å². The third kappa shape index (κ3) is 2.87. The smallest absolute Gasteiger partial charge is 0.149 e. The Labute approximate surface area is 128 Å². The standard InChI is InChI=1S/C16H20INO/c17-14-5-2-1-4-13(14)12-8-10-18(11-9-12)15-6-3-7-16(15)19/h1-2,4-5,12,15H,3,6-11H2/i17-2. The first kappa shape index (κ1) is 13.6. The van der Waals surface area contributed by atoms with Crippen LogP contribution in [0.4, 0.5) is 0 Å². The van der Waals surface area contributed by atoms with E-state index in [0.29, 0.717) is 11.7 Å². The van der Waals surface area contributed by atoms with Crippen LogP contribution in [0.2, 0.25) is 0 Å². The summed E-state index contributed by atoms with van der Waals surface area (Å²) in [4.78, 5) is 14.3. The quantitative estimate of drug-likeness (QED) is 0.745. The highest BCUT2D eigenvalue weighted by Crippen LogP contribution is 2.33. The Bertz CT molecular complexity index is 466. The molecule has 1 heterocycles.